The van der Waals surface area contributed by atoms with Crippen LogP contribution in [-0.2, 0) is 6.42 Å². The van der Waals surface area contributed by atoms with Crippen molar-refractivity contribution in [3.8, 4) is 22.6 Å². The number of aromatic nitrogens is 5. The number of aliphatic imine (C=N–C) groups is 1. The van der Waals surface area contributed by atoms with Crippen LogP contribution in [-0.4, -0.2) is 62.7 Å². The van der Waals surface area contributed by atoms with Gasteiger partial charge >= 0.3 is 0 Å². The second kappa shape index (κ2) is 10.3. The number of nitrogens with one attached hydrogen (secondary N) is 1. The van der Waals surface area contributed by atoms with Crippen LogP contribution in [0.15, 0.2) is 52.7 Å². The fourth-order valence-electron chi connectivity index (χ4n) is 2.80. The van der Waals surface area contributed by atoms with E-state index in [0.29, 0.717) is 18.8 Å². The number of tetrazole rings is 1. The first-order valence-electron chi connectivity index (χ1n) is 9.47. The van der Waals surface area contributed by atoms with Gasteiger partial charge in [-0.2, -0.15) is 10.3 Å². The van der Waals surface area contributed by atoms with Crippen molar-refractivity contribution in [3.05, 3.63) is 48.2 Å². The van der Waals surface area contributed by atoms with Crippen LogP contribution >= 0.6 is 0 Å². The van der Waals surface area contributed by atoms with Gasteiger partial charge < -0.3 is 0 Å². The summed E-state index contributed by atoms with van der Waals surface area (Å²) in [5.41, 5.74) is 3.26. The Labute approximate surface area is 172 Å². The molecule has 2 aromatic heterocycles. The molecule has 8 nitrogen and oxygen atoms in total. The normalized spacial score (nSPS) is 12.1. The van der Waals surface area contributed by atoms with Crippen LogP contribution in [0.2, 0.25) is 0 Å². The minimum absolute atomic E-state index is 0.364. The van der Waals surface area contributed by atoms with E-state index in [-0.39, 0.29) is 0 Å². The molecule has 0 radical (unpaired) electrons. The van der Waals surface area contributed by atoms with Crippen molar-refractivity contribution in [3.63, 3.8) is 0 Å². The van der Waals surface area contributed by atoms with Gasteiger partial charge in [0.1, 0.15) is 0 Å². The summed E-state index contributed by atoms with van der Waals surface area (Å²) in [5.74, 6) is -0.0139. The zero-order chi connectivity index (χ0) is 21.3. The molecular formula is C20H22F2N8. The molecular weight excluding hydrogens is 390 g/mol. The second-order valence-corrected chi connectivity index (χ2v) is 6.49. The summed E-state index contributed by atoms with van der Waals surface area (Å²) < 4.78 is 26.2. The van der Waals surface area contributed by atoms with Crippen LogP contribution < -0.4 is 0 Å². The molecule has 0 saturated heterocycles. The van der Waals surface area contributed by atoms with E-state index >= 15 is 0 Å². The average molecular weight is 412 g/mol. The van der Waals surface area contributed by atoms with E-state index in [4.69, 9.17) is 0 Å². The Balaban J connectivity index is 1.72. The quantitative estimate of drug-likeness (QED) is 0.347. The first-order valence-corrected chi connectivity index (χ1v) is 9.47. The number of rotatable bonds is 8. The van der Waals surface area contributed by atoms with Gasteiger partial charge in [-0.3, -0.25) is 9.99 Å². The Morgan fingerprint density at radius 1 is 1.20 bits per heavy atom. The Hall–Kier alpha value is -3.56. The number of benzene rings is 1. The highest BCUT2D eigenvalue weighted by atomic mass is 19.3. The van der Waals surface area contributed by atoms with E-state index in [2.05, 4.69) is 35.7 Å². The van der Waals surface area contributed by atoms with Crippen molar-refractivity contribution in [2.24, 2.45) is 10.1 Å². The SMILES string of the molecule is CCCN(C)/N=C(\N=CCc1ccc(-c2ccccc2-c2nn[nH]n2)nc1)C(F)F. The molecule has 2 heterocycles. The lowest BCUT2D eigenvalue weighted by molar-refractivity contribution is 0.218. The lowest BCUT2D eigenvalue weighted by Gasteiger charge is -2.12. The molecule has 30 heavy (non-hydrogen) atoms. The maximum atomic E-state index is 13.1. The van der Waals surface area contributed by atoms with Crippen molar-refractivity contribution < 1.29 is 8.78 Å². The molecule has 156 valence electrons. The third-order valence-electron chi connectivity index (χ3n) is 4.18. The monoisotopic (exact) mass is 412 g/mol. The van der Waals surface area contributed by atoms with Crippen molar-refractivity contribution in [2.45, 2.75) is 26.2 Å². The predicted octanol–water partition coefficient (Wildman–Crippen LogP) is 3.46. The largest absolute Gasteiger partial charge is 0.299 e. The molecule has 0 aliphatic rings. The zero-order valence-electron chi connectivity index (χ0n) is 16.7. The zero-order valence-corrected chi connectivity index (χ0v) is 16.7. The van der Waals surface area contributed by atoms with Crippen LogP contribution in [0.1, 0.15) is 18.9 Å². The van der Waals surface area contributed by atoms with E-state index in [0.717, 1.165) is 28.8 Å². The molecule has 3 aromatic rings. The van der Waals surface area contributed by atoms with Crippen LogP contribution in [0.3, 0.4) is 0 Å². The third-order valence-corrected chi connectivity index (χ3v) is 4.18. The van der Waals surface area contributed by atoms with Crippen LogP contribution in [0.4, 0.5) is 8.78 Å². The van der Waals surface area contributed by atoms with Crippen LogP contribution in [0, 0.1) is 0 Å². The second-order valence-electron chi connectivity index (χ2n) is 6.49. The number of alkyl halides is 2. The number of amidine groups is 1. The highest BCUT2D eigenvalue weighted by Gasteiger charge is 2.13. The maximum absolute atomic E-state index is 13.1. The molecule has 0 atom stereocenters. The first kappa shape index (κ1) is 21.2. The Kier molecular flexibility index (Phi) is 7.25. The molecule has 0 fully saturated rings. The van der Waals surface area contributed by atoms with Crippen LogP contribution in [0.25, 0.3) is 22.6 Å². The lowest BCUT2D eigenvalue weighted by Crippen LogP contribution is -2.18. The summed E-state index contributed by atoms with van der Waals surface area (Å²) in [6, 6.07) is 11.3. The number of pyridine rings is 1. The molecule has 1 N–H and O–H groups in total. The smallest absolute Gasteiger partial charge is 0.298 e. The lowest BCUT2D eigenvalue weighted by atomic mass is 10.0. The highest BCUT2D eigenvalue weighted by Crippen LogP contribution is 2.28. The molecule has 0 aliphatic heterocycles. The van der Waals surface area contributed by atoms with E-state index in [1.54, 1.807) is 13.2 Å². The summed E-state index contributed by atoms with van der Waals surface area (Å²) in [6.07, 6.45) is 1.56. The molecule has 0 saturated carbocycles. The topological polar surface area (TPSA) is 95.3 Å². The molecule has 0 amide bonds. The standard InChI is InChI=1S/C20H22F2N8/c1-3-12-30(2)27-20(18(21)22)23-11-10-14-8-9-17(24-13-14)15-6-4-5-7-16(15)19-25-28-29-26-19/h4-9,11,13,18H,3,10,12H2,1-2H3,(H,25,26,28,29)/b23-11?,27-20-. The van der Waals surface area contributed by atoms with Crippen molar-refractivity contribution in [1.29, 1.82) is 0 Å². The van der Waals surface area contributed by atoms with Crippen molar-refractivity contribution in [2.75, 3.05) is 13.6 Å². The number of H-pyrrole nitrogens is 1. The molecule has 0 spiro atoms. The number of hydrogen-bond donors (Lipinski definition) is 1. The van der Waals surface area contributed by atoms with Gasteiger partial charge in [0, 0.05) is 43.6 Å². The van der Waals surface area contributed by atoms with Crippen molar-refractivity contribution in [1.82, 2.24) is 30.6 Å². The van der Waals surface area contributed by atoms with Gasteiger partial charge in [0.05, 0.1) is 5.69 Å². The molecule has 10 heteroatoms. The molecule has 0 bridgehead atoms. The maximum Gasteiger partial charge on any atom is 0.299 e. The summed E-state index contributed by atoms with van der Waals surface area (Å²) in [4.78, 5) is 8.34. The Bertz CT molecular complexity index is 984. The van der Waals surface area contributed by atoms with E-state index in [1.807, 2.05) is 43.3 Å². The highest BCUT2D eigenvalue weighted by molar-refractivity contribution is 5.92. The average Bonchev–Trinajstić information content (AvgIpc) is 3.28. The van der Waals surface area contributed by atoms with Gasteiger partial charge in [0.2, 0.25) is 11.7 Å². The number of hydrogen-bond acceptors (Lipinski definition) is 6. The van der Waals surface area contributed by atoms with Gasteiger partial charge in [-0.1, -0.05) is 37.3 Å². The van der Waals surface area contributed by atoms with Crippen molar-refractivity contribution >= 4 is 12.1 Å². The van der Waals surface area contributed by atoms with E-state index in [1.165, 1.54) is 11.2 Å². The van der Waals surface area contributed by atoms with E-state index in [9.17, 15) is 8.78 Å². The number of hydrazone groups is 1. The number of nitrogens with zero attached hydrogens (tertiary/aromatic N) is 7. The Morgan fingerprint density at radius 2 is 2.00 bits per heavy atom. The molecule has 0 unspecified atom stereocenters. The predicted molar refractivity (Wildman–Crippen MR) is 111 cm³/mol. The Morgan fingerprint density at radius 3 is 2.63 bits per heavy atom. The van der Waals surface area contributed by atoms with Gasteiger partial charge in [-0.15, -0.1) is 10.2 Å². The fraction of sp³-hybridized carbons (Fsp3) is 0.300. The number of aromatic amines is 1. The van der Waals surface area contributed by atoms with Gasteiger partial charge in [0.25, 0.3) is 6.43 Å². The van der Waals surface area contributed by atoms with E-state index < -0.39 is 12.3 Å². The van der Waals surface area contributed by atoms with Gasteiger partial charge in [-0.25, -0.2) is 13.8 Å². The summed E-state index contributed by atoms with van der Waals surface area (Å²) >= 11 is 0. The van der Waals surface area contributed by atoms with Gasteiger partial charge in [0.15, 0.2) is 0 Å². The molecule has 0 aliphatic carbocycles. The minimum Gasteiger partial charge on any atom is -0.298 e. The fourth-order valence-corrected chi connectivity index (χ4v) is 2.80. The van der Waals surface area contributed by atoms with Gasteiger partial charge in [-0.05, 0) is 23.3 Å². The summed E-state index contributed by atoms with van der Waals surface area (Å²) in [5, 5.41) is 19.4. The minimum atomic E-state index is -2.73. The third kappa shape index (κ3) is 5.49. The number of halogens is 2. The molecule has 3 rings (SSSR count). The summed E-state index contributed by atoms with van der Waals surface area (Å²) in [7, 11) is 1.65. The first-order chi connectivity index (χ1) is 14.6. The molecule has 1 aromatic carbocycles. The summed E-state index contributed by atoms with van der Waals surface area (Å²) in [6.45, 7) is 2.54. The van der Waals surface area contributed by atoms with Crippen LogP contribution in [0.5, 0.6) is 0 Å².